The van der Waals surface area contributed by atoms with Crippen LogP contribution >= 0.6 is 11.3 Å². The van der Waals surface area contributed by atoms with Crippen LogP contribution in [0.5, 0.6) is 0 Å². The van der Waals surface area contributed by atoms with Gasteiger partial charge in [-0.25, -0.2) is 4.98 Å². The summed E-state index contributed by atoms with van der Waals surface area (Å²) in [6.45, 7) is 1.29. The van der Waals surface area contributed by atoms with E-state index in [1.54, 1.807) is 11.3 Å². The standard InChI is InChI=1S/C10H15FN2S/c11-4-1-5-12-6-9-7-14-10(13-9)8-2-3-8/h7-8,12H,1-6H2. The van der Waals surface area contributed by atoms with Gasteiger partial charge in [-0.15, -0.1) is 11.3 Å². The molecule has 0 saturated heterocycles. The van der Waals surface area contributed by atoms with E-state index in [0.29, 0.717) is 6.42 Å². The minimum Gasteiger partial charge on any atom is -0.311 e. The zero-order chi connectivity index (χ0) is 9.80. The molecular formula is C10H15FN2S. The molecule has 0 amide bonds. The van der Waals surface area contributed by atoms with Gasteiger partial charge in [-0.3, -0.25) is 4.39 Å². The molecule has 1 aromatic rings. The minimum atomic E-state index is -0.239. The molecule has 0 bridgehead atoms. The second-order valence-electron chi connectivity index (χ2n) is 3.67. The molecule has 0 atom stereocenters. The Kier molecular flexibility index (Phi) is 3.48. The predicted octanol–water partition coefficient (Wildman–Crippen LogP) is 2.47. The molecular weight excluding hydrogens is 199 g/mol. The lowest BCUT2D eigenvalue weighted by atomic mass is 10.4. The van der Waals surface area contributed by atoms with Crippen LogP contribution in [-0.2, 0) is 6.54 Å². The number of halogens is 1. The fourth-order valence-corrected chi connectivity index (χ4v) is 2.32. The van der Waals surface area contributed by atoms with Crippen molar-refractivity contribution < 1.29 is 4.39 Å². The van der Waals surface area contributed by atoms with Gasteiger partial charge < -0.3 is 5.32 Å². The molecule has 1 saturated carbocycles. The van der Waals surface area contributed by atoms with Crippen molar-refractivity contribution in [2.24, 2.45) is 0 Å². The predicted molar refractivity (Wildman–Crippen MR) is 56.4 cm³/mol. The molecule has 4 heteroatoms. The quantitative estimate of drug-likeness (QED) is 0.736. The van der Waals surface area contributed by atoms with E-state index < -0.39 is 0 Å². The van der Waals surface area contributed by atoms with E-state index in [1.165, 1.54) is 17.8 Å². The fourth-order valence-electron chi connectivity index (χ4n) is 1.33. The molecule has 14 heavy (non-hydrogen) atoms. The number of aromatic nitrogens is 1. The van der Waals surface area contributed by atoms with Gasteiger partial charge in [-0.1, -0.05) is 0 Å². The normalized spacial score (nSPS) is 16.1. The van der Waals surface area contributed by atoms with Crippen LogP contribution in [0.15, 0.2) is 5.38 Å². The third-order valence-corrected chi connectivity index (χ3v) is 3.35. The molecule has 2 nitrogen and oxygen atoms in total. The Labute approximate surface area is 87.6 Å². The van der Waals surface area contributed by atoms with Gasteiger partial charge in [0, 0.05) is 17.8 Å². The van der Waals surface area contributed by atoms with Gasteiger partial charge in [-0.05, 0) is 25.8 Å². The van der Waals surface area contributed by atoms with E-state index in [0.717, 1.165) is 24.7 Å². The number of nitrogens with zero attached hydrogens (tertiary/aromatic N) is 1. The molecule has 0 aliphatic heterocycles. The molecule has 0 radical (unpaired) electrons. The molecule has 1 aromatic heterocycles. The number of nitrogens with one attached hydrogen (secondary N) is 1. The summed E-state index contributed by atoms with van der Waals surface area (Å²) in [6, 6.07) is 0. The van der Waals surface area contributed by atoms with Crippen LogP contribution in [0.3, 0.4) is 0 Å². The largest absolute Gasteiger partial charge is 0.311 e. The number of alkyl halides is 1. The molecule has 1 N–H and O–H groups in total. The average molecular weight is 214 g/mol. The van der Waals surface area contributed by atoms with E-state index in [9.17, 15) is 4.39 Å². The molecule has 0 aromatic carbocycles. The van der Waals surface area contributed by atoms with Gasteiger partial charge >= 0.3 is 0 Å². The van der Waals surface area contributed by atoms with Crippen LogP contribution in [0.25, 0.3) is 0 Å². The first-order chi connectivity index (χ1) is 6.90. The second-order valence-corrected chi connectivity index (χ2v) is 4.56. The number of rotatable bonds is 6. The van der Waals surface area contributed by atoms with Crippen LogP contribution in [0.4, 0.5) is 4.39 Å². The smallest absolute Gasteiger partial charge is 0.0959 e. The van der Waals surface area contributed by atoms with Crippen molar-refractivity contribution in [2.75, 3.05) is 13.2 Å². The van der Waals surface area contributed by atoms with E-state index >= 15 is 0 Å². The lowest BCUT2D eigenvalue weighted by Crippen LogP contribution is -2.15. The highest BCUT2D eigenvalue weighted by Crippen LogP contribution is 2.41. The zero-order valence-electron chi connectivity index (χ0n) is 8.13. The maximum Gasteiger partial charge on any atom is 0.0959 e. The van der Waals surface area contributed by atoms with Crippen LogP contribution in [0.1, 0.15) is 35.9 Å². The van der Waals surface area contributed by atoms with E-state index in [2.05, 4.69) is 15.7 Å². The first-order valence-corrected chi connectivity index (χ1v) is 5.99. The van der Waals surface area contributed by atoms with Crippen molar-refractivity contribution in [3.63, 3.8) is 0 Å². The van der Waals surface area contributed by atoms with Gasteiger partial charge in [0.25, 0.3) is 0 Å². The van der Waals surface area contributed by atoms with Crippen LogP contribution in [0, 0.1) is 0 Å². The first kappa shape index (κ1) is 10.1. The molecule has 1 heterocycles. The topological polar surface area (TPSA) is 24.9 Å². The minimum absolute atomic E-state index is 0.239. The molecule has 2 rings (SSSR count). The molecule has 0 spiro atoms. The molecule has 78 valence electrons. The van der Waals surface area contributed by atoms with Gasteiger partial charge in [0.1, 0.15) is 0 Å². The Balaban J connectivity index is 1.72. The van der Waals surface area contributed by atoms with Crippen molar-refractivity contribution in [1.82, 2.24) is 10.3 Å². The monoisotopic (exact) mass is 214 g/mol. The third kappa shape index (κ3) is 2.75. The highest BCUT2D eigenvalue weighted by molar-refractivity contribution is 7.09. The summed E-state index contributed by atoms with van der Waals surface area (Å²) in [7, 11) is 0. The summed E-state index contributed by atoms with van der Waals surface area (Å²) in [6.07, 6.45) is 3.21. The average Bonchev–Trinajstić information content (AvgIpc) is 2.94. The Bertz CT molecular complexity index is 283. The molecule has 1 aliphatic rings. The second kappa shape index (κ2) is 4.84. The molecule has 1 aliphatic carbocycles. The molecule has 1 fully saturated rings. The summed E-state index contributed by atoms with van der Waals surface area (Å²) in [4.78, 5) is 4.53. The van der Waals surface area contributed by atoms with Crippen molar-refractivity contribution in [1.29, 1.82) is 0 Å². The van der Waals surface area contributed by atoms with Gasteiger partial charge in [-0.2, -0.15) is 0 Å². The Morgan fingerprint density at radius 2 is 2.43 bits per heavy atom. The van der Waals surface area contributed by atoms with E-state index in [1.807, 2.05) is 0 Å². The fraction of sp³-hybridized carbons (Fsp3) is 0.700. The lowest BCUT2D eigenvalue weighted by molar-refractivity contribution is 0.458. The van der Waals surface area contributed by atoms with E-state index in [4.69, 9.17) is 0 Å². The summed E-state index contributed by atoms with van der Waals surface area (Å²) in [5, 5.41) is 6.57. The highest BCUT2D eigenvalue weighted by Gasteiger charge is 2.26. The van der Waals surface area contributed by atoms with Gasteiger partial charge in [0.2, 0.25) is 0 Å². The van der Waals surface area contributed by atoms with Crippen molar-refractivity contribution >= 4 is 11.3 Å². The Morgan fingerprint density at radius 1 is 1.57 bits per heavy atom. The van der Waals surface area contributed by atoms with Crippen molar-refractivity contribution in [2.45, 2.75) is 31.7 Å². The van der Waals surface area contributed by atoms with Gasteiger partial charge in [0.15, 0.2) is 0 Å². The highest BCUT2D eigenvalue weighted by atomic mass is 32.1. The molecule has 0 unspecified atom stereocenters. The third-order valence-electron chi connectivity index (χ3n) is 2.29. The Morgan fingerprint density at radius 3 is 3.14 bits per heavy atom. The van der Waals surface area contributed by atoms with Crippen LogP contribution < -0.4 is 5.32 Å². The van der Waals surface area contributed by atoms with Gasteiger partial charge in [0.05, 0.1) is 17.4 Å². The lowest BCUT2D eigenvalue weighted by Gasteiger charge is -1.98. The van der Waals surface area contributed by atoms with Crippen molar-refractivity contribution in [3.8, 4) is 0 Å². The zero-order valence-corrected chi connectivity index (χ0v) is 8.95. The van der Waals surface area contributed by atoms with E-state index in [-0.39, 0.29) is 6.67 Å². The Hall–Kier alpha value is -0.480. The number of hydrogen-bond acceptors (Lipinski definition) is 3. The maximum absolute atomic E-state index is 11.8. The maximum atomic E-state index is 11.8. The summed E-state index contributed by atoms with van der Waals surface area (Å²) in [5.74, 6) is 0.750. The SMILES string of the molecule is FCCCNCc1csc(C2CC2)n1. The summed E-state index contributed by atoms with van der Waals surface area (Å²) >= 11 is 1.76. The van der Waals surface area contributed by atoms with Crippen LogP contribution in [-0.4, -0.2) is 18.2 Å². The summed E-state index contributed by atoms with van der Waals surface area (Å²) in [5.41, 5.74) is 1.11. The van der Waals surface area contributed by atoms with Crippen molar-refractivity contribution in [3.05, 3.63) is 16.1 Å². The number of hydrogen-bond donors (Lipinski definition) is 1. The summed E-state index contributed by atoms with van der Waals surface area (Å²) < 4.78 is 11.8. The number of thiazole rings is 1. The van der Waals surface area contributed by atoms with Crippen LogP contribution in [0.2, 0.25) is 0 Å². The first-order valence-electron chi connectivity index (χ1n) is 5.11.